The maximum absolute atomic E-state index is 13.0. The van der Waals surface area contributed by atoms with Crippen molar-refractivity contribution in [3.63, 3.8) is 0 Å². The van der Waals surface area contributed by atoms with Gasteiger partial charge in [0.05, 0.1) is 5.02 Å². The summed E-state index contributed by atoms with van der Waals surface area (Å²) in [6, 6.07) is 4.45. The highest BCUT2D eigenvalue weighted by molar-refractivity contribution is 6.30. The summed E-state index contributed by atoms with van der Waals surface area (Å²) in [7, 11) is 0. The van der Waals surface area contributed by atoms with Crippen molar-refractivity contribution in [1.82, 2.24) is 0 Å². The van der Waals surface area contributed by atoms with E-state index in [0.717, 1.165) is 24.8 Å². The molecule has 0 radical (unpaired) electrons. The lowest BCUT2D eigenvalue weighted by atomic mass is 9.89. The van der Waals surface area contributed by atoms with Gasteiger partial charge < -0.3 is 5.73 Å². The minimum Gasteiger partial charge on any atom is -0.330 e. The summed E-state index contributed by atoms with van der Waals surface area (Å²) >= 11 is 5.71. The van der Waals surface area contributed by atoms with Crippen molar-refractivity contribution in [1.29, 1.82) is 0 Å². The Labute approximate surface area is 111 Å². The van der Waals surface area contributed by atoms with Crippen LogP contribution in [0.2, 0.25) is 5.02 Å². The van der Waals surface area contributed by atoms with Gasteiger partial charge in [-0.15, -0.1) is 0 Å². The first kappa shape index (κ1) is 13.5. The van der Waals surface area contributed by atoms with Gasteiger partial charge in [0.25, 0.3) is 0 Å². The van der Waals surface area contributed by atoms with Crippen molar-refractivity contribution in [2.75, 3.05) is 6.54 Å². The predicted octanol–water partition coefficient (Wildman–Crippen LogP) is 2.97. The lowest BCUT2D eigenvalue weighted by Gasteiger charge is -2.16. The Morgan fingerprint density at radius 2 is 2.22 bits per heavy atom. The highest BCUT2D eigenvalue weighted by atomic mass is 35.5. The van der Waals surface area contributed by atoms with E-state index in [2.05, 4.69) is 0 Å². The van der Waals surface area contributed by atoms with Crippen molar-refractivity contribution in [3.05, 3.63) is 34.6 Å². The highest BCUT2D eigenvalue weighted by Gasteiger charge is 2.31. The summed E-state index contributed by atoms with van der Waals surface area (Å²) in [6.07, 6.45) is 3.36. The summed E-state index contributed by atoms with van der Waals surface area (Å²) in [5.41, 5.74) is 6.45. The van der Waals surface area contributed by atoms with Crippen LogP contribution < -0.4 is 5.73 Å². The number of nitrogens with two attached hydrogens (primary N) is 1. The van der Waals surface area contributed by atoms with Crippen LogP contribution in [-0.2, 0) is 11.2 Å². The van der Waals surface area contributed by atoms with E-state index >= 15 is 0 Å². The standard InChI is InChI=1S/C14H17ClFNO/c15-12-6-9(4-5-13(12)16)7-14(18)11-3-1-2-10(11)8-17/h4-6,10-11H,1-3,7-8,17H2. The Hall–Kier alpha value is -0.930. The average Bonchev–Trinajstić information content (AvgIpc) is 2.82. The van der Waals surface area contributed by atoms with E-state index in [0.29, 0.717) is 18.9 Å². The second kappa shape index (κ2) is 5.81. The number of benzene rings is 1. The van der Waals surface area contributed by atoms with Crippen LogP contribution in [0.5, 0.6) is 0 Å². The van der Waals surface area contributed by atoms with Crippen LogP contribution in [0.4, 0.5) is 4.39 Å². The molecular weight excluding hydrogens is 253 g/mol. The van der Waals surface area contributed by atoms with Crippen LogP contribution in [0, 0.1) is 17.7 Å². The Kier molecular flexibility index (Phi) is 4.36. The molecule has 2 N–H and O–H groups in total. The van der Waals surface area contributed by atoms with Crippen molar-refractivity contribution in [2.24, 2.45) is 17.6 Å². The summed E-state index contributed by atoms with van der Waals surface area (Å²) in [5.74, 6) is 0.131. The molecular formula is C14H17ClFNO. The summed E-state index contributed by atoms with van der Waals surface area (Å²) in [5, 5.41) is 0.0714. The molecule has 1 fully saturated rings. The maximum Gasteiger partial charge on any atom is 0.141 e. The first-order valence-corrected chi connectivity index (χ1v) is 6.66. The Balaban J connectivity index is 2.04. The van der Waals surface area contributed by atoms with Gasteiger partial charge in [-0.2, -0.15) is 0 Å². The normalized spacial score (nSPS) is 23.3. The average molecular weight is 270 g/mol. The zero-order chi connectivity index (χ0) is 13.1. The number of hydrogen-bond donors (Lipinski definition) is 1. The molecule has 1 aliphatic rings. The van der Waals surface area contributed by atoms with Crippen LogP contribution in [0.3, 0.4) is 0 Å². The molecule has 2 nitrogen and oxygen atoms in total. The summed E-state index contributed by atoms with van der Waals surface area (Å²) in [4.78, 5) is 12.2. The van der Waals surface area contributed by atoms with Crippen LogP contribution in [-0.4, -0.2) is 12.3 Å². The molecule has 98 valence electrons. The number of Topliss-reactive ketones (excluding diaryl/α,β-unsaturated/α-hetero) is 1. The molecule has 0 saturated heterocycles. The van der Waals surface area contributed by atoms with Gasteiger partial charge in [-0.05, 0) is 43.0 Å². The Bertz CT molecular complexity index is 449. The van der Waals surface area contributed by atoms with Crippen LogP contribution in [0.15, 0.2) is 18.2 Å². The largest absolute Gasteiger partial charge is 0.330 e. The second-order valence-electron chi connectivity index (χ2n) is 4.92. The lowest BCUT2D eigenvalue weighted by Crippen LogP contribution is -2.26. The zero-order valence-corrected chi connectivity index (χ0v) is 10.9. The first-order chi connectivity index (χ1) is 8.61. The number of carbonyl (C=O) groups excluding carboxylic acids is 1. The Morgan fingerprint density at radius 1 is 1.44 bits per heavy atom. The topological polar surface area (TPSA) is 43.1 Å². The maximum atomic E-state index is 13.0. The number of halogens is 2. The molecule has 1 saturated carbocycles. The summed E-state index contributed by atoms with van der Waals surface area (Å²) < 4.78 is 13.0. The number of ketones is 1. The molecule has 2 unspecified atom stereocenters. The van der Waals surface area contributed by atoms with Crippen LogP contribution in [0.1, 0.15) is 24.8 Å². The molecule has 0 aromatic heterocycles. The van der Waals surface area contributed by atoms with Gasteiger partial charge in [0, 0.05) is 12.3 Å². The van der Waals surface area contributed by atoms with E-state index in [1.165, 1.54) is 12.1 Å². The molecule has 1 aliphatic carbocycles. The molecule has 18 heavy (non-hydrogen) atoms. The summed E-state index contributed by atoms with van der Waals surface area (Å²) in [6.45, 7) is 0.570. The number of rotatable bonds is 4. The van der Waals surface area contributed by atoms with E-state index in [9.17, 15) is 9.18 Å². The van der Waals surface area contributed by atoms with Gasteiger partial charge in [-0.25, -0.2) is 4.39 Å². The van der Waals surface area contributed by atoms with Crippen LogP contribution in [0.25, 0.3) is 0 Å². The fraction of sp³-hybridized carbons (Fsp3) is 0.500. The lowest BCUT2D eigenvalue weighted by molar-refractivity contribution is -0.123. The van der Waals surface area contributed by atoms with Gasteiger partial charge in [0.1, 0.15) is 11.6 Å². The van der Waals surface area contributed by atoms with Gasteiger partial charge in [0.2, 0.25) is 0 Å². The smallest absolute Gasteiger partial charge is 0.141 e. The van der Waals surface area contributed by atoms with E-state index < -0.39 is 5.82 Å². The zero-order valence-electron chi connectivity index (χ0n) is 10.2. The SMILES string of the molecule is NCC1CCCC1C(=O)Cc1ccc(F)c(Cl)c1. The third-order valence-corrected chi connectivity index (χ3v) is 4.03. The molecule has 4 heteroatoms. The minimum absolute atomic E-state index is 0.0684. The third kappa shape index (κ3) is 2.90. The molecule has 0 amide bonds. The van der Waals surface area contributed by atoms with Crippen molar-refractivity contribution in [2.45, 2.75) is 25.7 Å². The number of carbonyl (C=O) groups is 1. The molecule has 0 bridgehead atoms. The molecule has 0 heterocycles. The first-order valence-electron chi connectivity index (χ1n) is 6.28. The molecule has 1 aromatic carbocycles. The third-order valence-electron chi connectivity index (χ3n) is 3.74. The Morgan fingerprint density at radius 3 is 2.89 bits per heavy atom. The van der Waals surface area contributed by atoms with Gasteiger partial charge in [-0.1, -0.05) is 24.1 Å². The molecule has 2 atom stereocenters. The quantitative estimate of drug-likeness (QED) is 0.913. The second-order valence-corrected chi connectivity index (χ2v) is 5.33. The number of hydrogen-bond acceptors (Lipinski definition) is 2. The van der Waals surface area contributed by atoms with Crippen molar-refractivity contribution < 1.29 is 9.18 Å². The monoisotopic (exact) mass is 269 g/mol. The molecule has 1 aromatic rings. The fourth-order valence-corrected chi connectivity index (χ4v) is 2.93. The predicted molar refractivity (Wildman–Crippen MR) is 70.0 cm³/mol. The fourth-order valence-electron chi connectivity index (χ4n) is 2.72. The minimum atomic E-state index is -0.450. The van der Waals surface area contributed by atoms with Crippen molar-refractivity contribution in [3.8, 4) is 0 Å². The molecule has 0 spiro atoms. The van der Waals surface area contributed by atoms with Gasteiger partial charge in [0.15, 0.2) is 0 Å². The van der Waals surface area contributed by atoms with E-state index in [-0.39, 0.29) is 16.7 Å². The van der Waals surface area contributed by atoms with E-state index in [1.54, 1.807) is 6.07 Å². The van der Waals surface area contributed by atoms with Crippen LogP contribution >= 0.6 is 11.6 Å². The van der Waals surface area contributed by atoms with Crippen molar-refractivity contribution >= 4 is 17.4 Å². The van der Waals surface area contributed by atoms with E-state index in [4.69, 9.17) is 17.3 Å². The van der Waals surface area contributed by atoms with E-state index in [1.807, 2.05) is 0 Å². The molecule has 0 aliphatic heterocycles. The van der Waals surface area contributed by atoms with Gasteiger partial charge >= 0.3 is 0 Å². The van der Waals surface area contributed by atoms with Gasteiger partial charge in [-0.3, -0.25) is 4.79 Å². The molecule has 2 rings (SSSR count). The highest BCUT2D eigenvalue weighted by Crippen LogP contribution is 2.32.